The van der Waals surface area contributed by atoms with Gasteiger partial charge in [-0.05, 0) is 25.0 Å². The van der Waals surface area contributed by atoms with E-state index in [-0.39, 0.29) is 30.8 Å². The summed E-state index contributed by atoms with van der Waals surface area (Å²) in [4.78, 5) is 14.0. The number of hydrogen-bond acceptors (Lipinski definition) is 3. The summed E-state index contributed by atoms with van der Waals surface area (Å²) in [6.07, 6.45) is 4.60. The second-order valence-corrected chi connectivity index (χ2v) is 5.22. The van der Waals surface area contributed by atoms with Gasteiger partial charge in [0, 0.05) is 24.8 Å². The van der Waals surface area contributed by atoms with E-state index in [9.17, 15) is 13.6 Å². The first-order chi connectivity index (χ1) is 10.6. The van der Waals surface area contributed by atoms with E-state index in [2.05, 4.69) is 5.10 Å². The van der Waals surface area contributed by atoms with Crippen molar-refractivity contribution in [1.29, 1.82) is 0 Å². The quantitative estimate of drug-likeness (QED) is 0.915. The van der Waals surface area contributed by atoms with Crippen LogP contribution < -0.4 is 0 Å². The average molecular weight is 307 g/mol. The fraction of sp³-hybridized carbons (Fsp3) is 0.333. The third-order valence-corrected chi connectivity index (χ3v) is 3.58. The molecule has 1 aromatic carbocycles. The van der Waals surface area contributed by atoms with Crippen LogP contribution in [0, 0.1) is 11.6 Å². The number of carbonyl (C=O) groups is 1. The number of hydrogen-bond donors (Lipinski definition) is 1. The van der Waals surface area contributed by atoms with Crippen molar-refractivity contribution in [2.45, 2.75) is 18.9 Å². The molecule has 1 N–H and O–H groups in total. The van der Waals surface area contributed by atoms with Crippen LogP contribution in [0.3, 0.4) is 0 Å². The summed E-state index contributed by atoms with van der Waals surface area (Å²) in [7, 11) is 0. The van der Waals surface area contributed by atoms with Gasteiger partial charge >= 0.3 is 0 Å². The first-order valence-electron chi connectivity index (χ1n) is 7.02. The van der Waals surface area contributed by atoms with Gasteiger partial charge in [-0.1, -0.05) is 0 Å². The molecule has 0 atom stereocenters. The first-order valence-corrected chi connectivity index (χ1v) is 7.02. The zero-order chi connectivity index (χ0) is 15.7. The smallest absolute Gasteiger partial charge is 0.257 e. The standard InChI is InChI=1S/C15H15F2N3O2/c16-11-1-4-14(13(17)7-11)20-9-10(8-18-20)15(22)19(5-6-21)12-2-3-12/h1,4,7-9,12,21H,2-3,5-6H2. The molecule has 0 spiro atoms. The normalized spacial score (nSPS) is 14.1. The van der Waals surface area contributed by atoms with Crippen molar-refractivity contribution in [2.75, 3.05) is 13.2 Å². The summed E-state index contributed by atoms with van der Waals surface area (Å²) in [6.45, 7) is 0.155. The minimum Gasteiger partial charge on any atom is -0.395 e. The molecule has 1 saturated carbocycles. The van der Waals surface area contributed by atoms with E-state index in [1.165, 1.54) is 23.1 Å². The van der Waals surface area contributed by atoms with E-state index in [0.29, 0.717) is 5.56 Å². The molecule has 116 valence electrons. The molecule has 0 aliphatic heterocycles. The van der Waals surface area contributed by atoms with E-state index < -0.39 is 11.6 Å². The number of benzene rings is 1. The van der Waals surface area contributed by atoms with Gasteiger partial charge in [-0.25, -0.2) is 13.5 Å². The van der Waals surface area contributed by atoms with E-state index >= 15 is 0 Å². The molecule has 7 heteroatoms. The van der Waals surface area contributed by atoms with Crippen molar-refractivity contribution in [3.63, 3.8) is 0 Å². The maximum Gasteiger partial charge on any atom is 0.257 e. The van der Waals surface area contributed by atoms with Crippen LogP contribution in [0.1, 0.15) is 23.2 Å². The molecule has 22 heavy (non-hydrogen) atoms. The Morgan fingerprint density at radius 1 is 1.41 bits per heavy atom. The summed E-state index contributed by atoms with van der Waals surface area (Å²) >= 11 is 0. The van der Waals surface area contributed by atoms with Gasteiger partial charge < -0.3 is 10.0 Å². The number of rotatable bonds is 5. The second kappa shape index (κ2) is 5.84. The topological polar surface area (TPSA) is 58.4 Å². The minimum atomic E-state index is -0.753. The van der Waals surface area contributed by atoms with Gasteiger partial charge in [0.25, 0.3) is 5.91 Å². The van der Waals surface area contributed by atoms with Gasteiger partial charge in [0.2, 0.25) is 0 Å². The zero-order valence-electron chi connectivity index (χ0n) is 11.7. The number of amides is 1. The number of aliphatic hydroxyl groups excluding tert-OH is 1. The van der Waals surface area contributed by atoms with Crippen LogP contribution in [0.2, 0.25) is 0 Å². The van der Waals surface area contributed by atoms with Crippen molar-refractivity contribution in [2.24, 2.45) is 0 Å². The number of nitrogens with zero attached hydrogens (tertiary/aromatic N) is 3. The summed E-state index contributed by atoms with van der Waals surface area (Å²) < 4.78 is 27.9. The lowest BCUT2D eigenvalue weighted by atomic mass is 10.3. The molecule has 0 unspecified atom stereocenters. The fourth-order valence-corrected chi connectivity index (χ4v) is 2.34. The number of aliphatic hydroxyl groups is 1. The fourth-order valence-electron chi connectivity index (χ4n) is 2.34. The van der Waals surface area contributed by atoms with E-state index in [4.69, 9.17) is 5.11 Å². The SMILES string of the molecule is O=C(c1cnn(-c2ccc(F)cc2F)c1)N(CCO)C1CC1. The predicted molar refractivity (Wildman–Crippen MR) is 74.6 cm³/mol. The third kappa shape index (κ3) is 2.85. The van der Waals surface area contributed by atoms with E-state index in [1.54, 1.807) is 4.90 Å². The highest BCUT2D eigenvalue weighted by Gasteiger charge is 2.33. The van der Waals surface area contributed by atoms with Crippen LogP contribution in [-0.2, 0) is 0 Å². The highest BCUT2D eigenvalue weighted by Crippen LogP contribution is 2.28. The van der Waals surface area contributed by atoms with Crippen LogP contribution >= 0.6 is 0 Å². The van der Waals surface area contributed by atoms with Crippen molar-refractivity contribution in [3.05, 3.63) is 47.8 Å². The molecule has 5 nitrogen and oxygen atoms in total. The van der Waals surface area contributed by atoms with Crippen LogP contribution in [0.5, 0.6) is 0 Å². The number of halogens is 2. The predicted octanol–water partition coefficient (Wildman–Crippen LogP) is 1.75. The molecule has 1 amide bonds. The molecule has 0 bridgehead atoms. The van der Waals surface area contributed by atoms with Gasteiger partial charge in [0.1, 0.15) is 11.5 Å². The van der Waals surface area contributed by atoms with Crippen molar-refractivity contribution in [1.82, 2.24) is 14.7 Å². The van der Waals surface area contributed by atoms with Crippen LogP contribution in [-0.4, -0.2) is 44.9 Å². The lowest BCUT2D eigenvalue weighted by Gasteiger charge is -2.20. The summed E-state index contributed by atoms with van der Waals surface area (Å²) in [5, 5.41) is 13.0. The Bertz CT molecular complexity index is 698. The summed E-state index contributed by atoms with van der Waals surface area (Å²) in [5.74, 6) is -1.67. The van der Waals surface area contributed by atoms with Crippen LogP contribution in [0.25, 0.3) is 5.69 Å². The highest BCUT2D eigenvalue weighted by atomic mass is 19.1. The Kier molecular flexibility index (Phi) is 3.89. The Morgan fingerprint density at radius 3 is 2.82 bits per heavy atom. The van der Waals surface area contributed by atoms with E-state index in [1.807, 2.05) is 0 Å². The molecular formula is C15H15F2N3O2. The molecule has 1 fully saturated rings. The molecule has 1 aliphatic rings. The van der Waals surface area contributed by atoms with Gasteiger partial charge in [-0.3, -0.25) is 4.79 Å². The van der Waals surface area contributed by atoms with Crippen molar-refractivity contribution >= 4 is 5.91 Å². The molecule has 0 radical (unpaired) electrons. The number of aromatic nitrogens is 2. The van der Waals surface area contributed by atoms with Crippen molar-refractivity contribution in [3.8, 4) is 5.69 Å². The van der Waals surface area contributed by atoms with Crippen LogP contribution in [0.15, 0.2) is 30.6 Å². The Balaban J connectivity index is 1.85. The molecular weight excluding hydrogens is 292 g/mol. The Hall–Kier alpha value is -2.28. The molecule has 3 rings (SSSR count). The van der Waals surface area contributed by atoms with Crippen LogP contribution in [0.4, 0.5) is 8.78 Å². The van der Waals surface area contributed by atoms with Gasteiger partial charge in [0.05, 0.1) is 18.4 Å². The van der Waals surface area contributed by atoms with E-state index in [0.717, 1.165) is 25.0 Å². The third-order valence-electron chi connectivity index (χ3n) is 3.58. The minimum absolute atomic E-state index is 0.0700. The zero-order valence-corrected chi connectivity index (χ0v) is 11.7. The highest BCUT2D eigenvalue weighted by molar-refractivity contribution is 5.94. The van der Waals surface area contributed by atoms with Gasteiger partial charge in [0.15, 0.2) is 5.82 Å². The summed E-state index contributed by atoms with van der Waals surface area (Å²) in [5.41, 5.74) is 0.379. The van der Waals surface area contributed by atoms with Crippen molar-refractivity contribution < 1.29 is 18.7 Å². The largest absolute Gasteiger partial charge is 0.395 e. The monoisotopic (exact) mass is 307 g/mol. The van der Waals surface area contributed by atoms with Gasteiger partial charge in [-0.15, -0.1) is 0 Å². The maximum atomic E-state index is 13.7. The molecule has 2 aromatic rings. The Morgan fingerprint density at radius 2 is 2.18 bits per heavy atom. The maximum absolute atomic E-state index is 13.7. The number of carbonyl (C=O) groups excluding carboxylic acids is 1. The lowest BCUT2D eigenvalue weighted by Crippen LogP contribution is -2.35. The molecule has 1 aromatic heterocycles. The first kappa shape index (κ1) is 14.6. The average Bonchev–Trinajstić information content (AvgIpc) is 3.21. The molecule has 1 aliphatic carbocycles. The van der Waals surface area contributed by atoms with Gasteiger partial charge in [-0.2, -0.15) is 5.10 Å². The summed E-state index contributed by atoms with van der Waals surface area (Å²) in [6, 6.07) is 3.31. The molecule has 1 heterocycles. The molecule has 0 saturated heterocycles. The Labute approximate surface area is 125 Å². The second-order valence-electron chi connectivity index (χ2n) is 5.22. The lowest BCUT2D eigenvalue weighted by molar-refractivity contribution is 0.0707.